The number of nitrogens with one attached hydrogen (secondary N) is 2. The van der Waals surface area contributed by atoms with Gasteiger partial charge in [0.15, 0.2) is 0 Å². The maximum atomic E-state index is 14.1. The normalized spacial score (nSPS) is 13.1. The molecule has 5 rings (SSSR count). The van der Waals surface area contributed by atoms with Crippen LogP contribution in [0.5, 0.6) is 0 Å². The molecule has 0 atom stereocenters. The van der Waals surface area contributed by atoms with E-state index in [0.717, 1.165) is 12.0 Å². The van der Waals surface area contributed by atoms with E-state index in [9.17, 15) is 18.4 Å². The summed E-state index contributed by atoms with van der Waals surface area (Å²) in [5.74, 6) is -1.41. The van der Waals surface area contributed by atoms with Crippen LogP contribution < -0.4 is 10.2 Å². The van der Waals surface area contributed by atoms with Crippen molar-refractivity contribution in [3.8, 4) is 0 Å². The molecule has 0 unspecified atom stereocenters. The first-order chi connectivity index (χ1) is 15.5. The molecule has 0 bridgehead atoms. The van der Waals surface area contributed by atoms with Crippen LogP contribution in [0.15, 0.2) is 66.7 Å². The Morgan fingerprint density at radius 1 is 0.969 bits per heavy atom. The van der Waals surface area contributed by atoms with E-state index >= 15 is 0 Å². The SMILES string of the molecule is O=C(Nc1cccc2c1CCCN2C(=O)c1cc2c(F)cccc2[nH]1)c1ccc(F)cc1. The summed E-state index contributed by atoms with van der Waals surface area (Å²) in [5.41, 5.74) is 3.37. The minimum absolute atomic E-state index is 0.261. The first-order valence-corrected chi connectivity index (χ1v) is 10.3. The van der Waals surface area contributed by atoms with Crippen LogP contribution in [-0.4, -0.2) is 23.3 Å². The summed E-state index contributed by atoms with van der Waals surface area (Å²) < 4.78 is 27.2. The van der Waals surface area contributed by atoms with Crippen molar-refractivity contribution in [2.24, 2.45) is 0 Å². The number of aromatic amines is 1. The van der Waals surface area contributed by atoms with Crippen molar-refractivity contribution < 1.29 is 18.4 Å². The van der Waals surface area contributed by atoms with E-state index in [0.29, 0.717) is 46.5 Å². The number of amides is 2. The monoisotopic (exact) mass is 431 g/mol. The quantitative estimate of drug-likeness (QED) is 0.463. The average molecular weight is 431 g/mol. The molecule has 2 heterocycles. The predicted molar refractivity (Wildman–Crippen MR) is 119 cm³/mol. The van der Waals surface area contributed by atoms with Gasteiger partial charge in [0.1, 0.15) is 17.3 Å². The van der Waals surface area contributed by atoms with E-state index in [1.165, 1.54) is 36.4 Å². The summed E-state index contributed by atoms with van der Waals surface area (Å²) in [6.45, 7) is 0.513. The van der Waals surface area contributed by atoms with Crippen LogP contribution >= 0.6 is 0 Å². The van der Waals surface area contributed by atoms with Gasteiger partial charge in [-0.3, -0.25) is 9.59 Å². The Morgan fingerprint density at radius 2 is 1.75 bits per heavy atom. The molecule has 0 saturated carbocycles. The van der Waals surface area contributed by atoms with Gasteiger partial charge in [-0.2, -0.15) is 0 Å². The van der Waals surface area contributed by atoms with E-state index in [-0.39, 0.29) is 17.6 Å². The maximum Gasteiger partial charge on any atom is 0.274 e. The van der Waals surface area contributed by atoms with E-state index < -0.39 is 5.82 Å². The molecule has 0 fully saturated rings. The number of halogens is 2. The fourth-order valence-corrected chi connectivity index (χ4v) is 4.13. The zero-order chi connectivity index (χ0) is 22.2. The van der Waals surface area contributed by atoms with Gasteiger partial charge in [0.2, 0.25) is 0 Å². The average Bonchev–Trinajstić information content (AvgIpc) is 3.25. The van der Waals surface area contributed by atoms with Crippen LogP contribution in [0.25, 0.3) is 10.9 Å². The van der Waals surface area contributed by atoms with Crippen molar-refractivity contribution in [2.45, 2.75) is 12.8 Å². The summed E-state index contributed by atoms with van der Waals surface area (Å²) in [4.78, 5) is 30.6. The molecular formula is C25H19F2N3O2. The third-order valence-corrected chi connectivity index (χ3v) is 5.69. The molecule has 5 nitrogen and oxygen atoms in total. The maximum absolute atomic E-state index is 14.1. The van der Waals surface area contributed by atoms with Crippen molar-refractivity contribution in [1.82, 2.24) is 4.98 Å². The van der Waals surface area contributed by atoms with Crippen LogP contribution in [0.1, 0.15) is 32.8 Å². The topological polar surface area (TPSA) is 65.2 Å². The first-order valence-electron chi connectivity index (χ1n) is 10.3. The number of aromatic nitrogens is 1. The Morgan fingerprint density at radius 3 is 2.53 bits per heavy atom. The number of fused-ring (bicyclic) bond motifs is 2. The molecule has 7 heteroatoms. The van der Waals surface area contributed by atoms with Crippen molar-refractivity contribution >= 4 is 34.1 Å². The molecule has 0 saturated heterocycles. The lowest BCUT2D eigenvalue weighted by atomic mass is 9.99. The zero-order valence-corrected chi connectivity index (χ0v) is 17.0. The largest absolute Gasteiger partial charge is 0.350 e. The molecule has 1 aliphatic heterocycles. The molecule has 2 N–H and O–H groups in total. The number of carbonyl (C=O) groups is 2. The lowest BCUT2D eigenvalue weighted by Gasteiger charge is -2.30. The van der Waals surface area contributed by atoms with Crippen molar-refractivity contribution in [3.63, 3.8) is 0 Å². The van der Waals surface area contributed by atoms with Crippen LogP contribution in [-0.2, 0) is 6.42 Å². The second-order valence-corrected chi connectivity index (χ2v) is 7.71. The predicted octanol–water partition coefficient (Wildman–Crippen LogP) is 5.29. The van der Waals surface area contributed by atoms with Gasteiger partial charge in [0.05, 0.1) is 0 Å². The lowest BCUT2D eigenvalue weighted by molar-refractivity contribution is 0.0980. The molecule has 160 valence electrons. The van der Waals surface area contributed by atoms with Gasteiger partial charge in [0, 0.05) is 34.4 Å². The highest BCUT2D eigenvalue weighted by molar-refractivity contribution is 6.09. The Kier molecular flexibility index (Phi) is 4.93. The van der Waals surface area contributed by atoms with Gasteiger partial charge >= 0.3 is 0 Å². The van der Waals surface area contributed by atoms with Gasteiger partial charge < -0.3 is 15.2 Å². The first kappa shape index (κ1) is 19.9. The number of H-pyrrole nitrogens is 1. The minimum Gasteiger partial charge on any atom is -0.350 e. The highest BCUT2D eigenvalue weighted by Gasteiger charge is 2.27. The number of anilines is 2. The highest BCUT2D eigenvalue weighted by Crippen LogP contribution is 2.34. The summed E-state index contributed by atoms with van der Waals surface area (Å²) >= 11 is 0. The van der Waals surface area contributed by atoms with Crippen LogP contribution in [0.4, 0.5) is 20.2 Å². The summed E-state index contributed by atoms with van der Waals surface area (Å²) in [5, 5.41) is 3.25. The Hall–Kier alpha value is -4.00. The number of hydrogen-bond acceptors (Lipinski definition) is 2. The van der Waals surface area contributed by atoms with Gasteiger partial charge in [-0.25, -0.2) is 8.78 Å². The van der Waals surface area contributed by atoms with Crippen molar-refractivity contribution in [2.75, 3.05) is 16.8 Å². The third kappa shape index (κ3) is 3.51. The van der Waals surface area contributed by atoms with Gasteiger partial charge in [0.25, 0.3) is 11.8 Å². The molecule has 32 heavy (non-hydrogen) atoms. The number of nitrogens with zero attached hydrogens (tertiary/aromatic N) is 1. The Balaban J connectivity index is 1.46. The molecule has 0 radical (unpaired) electrons. The highest BCUT2D eigenvalue weighted by atomic mass is 19.1. The lowest BCUT2D eigenvalue weighted by Crippen LogP contribution is -2.36. The summed E-state index contributed by atoms with van der Waals surface area (Å²) in [6, 6.07) is 16.9. The molecule has 2 amide bonds. The third-order valence-electron chi connectivity index (χ3n) is 5.69. The molecule has 0 spiro atoms. The molecule has 4 aromatic rings. The van der Waals surface area contributed by atoms with Crippen LogP contribution in [0, 0.1) is 11.6 Å². The smallest absolute Gasteiger partial charge is 0.274 e. The summed E-state index contributed by atoms with van der Waals surface area (Å²) in [7, 11) is 0. The molecular weight excluding hydrogens is 412 g/mol. The van der Waals surface area contributed by atoms with Gasteiger partial charge in [-0.15, -0.1) is 0 Å². The number of hydrogen-bond donors (Lipinski definition) is 2. The second kappa shape index (κ2) is 7.92. The van der Waals surface area contributed by atoms with Crippen molar-refractivity contribution in [1.29, 1.82) is 0 Å². The van der Waals surface area contributed by atoms with Crippen LogP contribution in [0.2, 0.25) is 0 Å². The van der Waals surface area contributed by atoms with E-state index in [2.05, 4.69) is 10.3 Å². The number of benzene rings is 3. The molecule has 3 aromatic carbocycles. The van der Waals surface area contributed by atoms with Gasteiger partial charge in [-0.1, -0.05) is 12.1 Å². The fraction of sp³-hybridized carbons (Fsp3) is 0.120. The van der Waals surface area contributed by atoms with E-state index in [4.69, 9.17) is 0 Å². The Labute approximate surface area is 182 Å². The standard InChI is InChI=1S/C25H19F2N3O2/c26-16-11-9-15(10-12-16)24(31)29-20-7-2-8-23-17(20)4-3-13-30(23)25(32)22-14-18-19(27)5-1-6-21(18)28-22/h1-2,5-12,14,28H,3-4,13H2,(H,29,31). The van der Waals surface area contributed by atoms with E-state index in [1.807, 2.05) is 6.07 Å². The second-order valence-electron chi connectivity index (χ2n) is 7.71. The molecule has 0 aliphatic carbocycles. The zero-order valence-electron chi connectivity index (χ0n) is 17.0. The van der Waals surface area contributed by atoms with Gasteiger partial charge in [-0.05, 0) is 73.0 Å². The Bertz CT molecular complexity index is 1350. The van der Waals surface area contributed by atoms with Crippen LogP contribution in [0.3, 0.4) is 0 Å². The van der Waals surface area contributed by atoms with Crippen molar-refractivity contribution in [3.05, 3.63) is 95.2 Å². The molecule has 1 aliphatic rings. The summed E-state index contributed by atoms with van der Waals surface area (Å²) in [6.07, 6.45) is 1.41. The fourth-order valence-electron chi connectivity index (χ4n) is 4.13. The van der Waals surface area contributed by atoms with E-state index in [1.54, 1.807) is 29.2 Å². The minimum atomic E-state index is -0.412. The number of rotatable bonds is 3. The molecule has 1 aromatic heterocycles. The number of carbonyl (C=O) groups excluding carboxylic acids is 2.